The fourth-order valence-corrected chi connectivity index (χ4v) is 4.86. The Morgan fingerprint density at radius 1 is 1.19 bits per heavy atom. The van der Waals surface area contributed by atoms with Crippen molar-refractivity contribution in [2.45, 2.75) is 58.0 Å². The Kier molecular flexibility index (Phi) is 5.11. The van der Waals surface area contributed by atoms with Crippen molar-refractivity contribution in [3.63, 3.8) is 0 Å². The van der Waals surface area contributed by atoms with Crippen LogP contribution in [-0.2, 0) is 17.7 Å². The van der Waals surface area contributed by atoms with Crippen molar-refractivity contribution in [1.82, 2.24) is 4.57 Å². The Bertz CT molecular complexity index is 1270. The first kappa shape index (κ1) is 20.5. The number of ether oxygens (including phenoxy) is 2. The highest BCUT2D eigenvalue weighted by Gasteiger charge is 2.48. The molecule has 0 amide bonds. The number of aromatic nitrogens is 1. The highest BCUT2D eigenvalue weighted by Crippen LogP contribution is 2.49. The van der Waals surface area contributed by atoms with Gasteiger partial charge in [-0.15, -0.1) is 0 Å². The standard InChI is InChI=1S/C27H26N2O3/c1-3-4-12-27-15-21-14-20(16-28)10-11-22(21)25(32-27)24-23(31-27)13-18(2)29(26(24)30)17-19-8-6-5-7-9-19/h5-11,13-14,25H,3-4,12,15,17H2,1-2H3. The minimum absolute atomic E-state index is 0.0878. The van der Waals surface area contributed by atoms with E-state index in [0.717, 1.165) is 41.6 Å². The lowest BCUT2D eigenvalue weighted by molar-refractivity contribution is -0.232. The molecular weight excluding hydrogens is 400 g/mol. The van der Waals surface area contributed by atoms with Gasteiger partial charge in [0, 0.05) is 24.6 Å². The molecule has 1 aromatic heterocycles. The van der Waals surface area contributed by atoms with E-state index in [9.17, 15) is 10.1 Å². The Morgan fingerprint density at radius 2 is 2.00 bits per heavy atom. The zero-order valence-electron chi connectivity index (χ0n) is 18.4. The first-order valence-electron chi connectivity index (χ1n) is 11.2. The van der Waals surface area contributed by atoms with Crippen molar-refractivity contribution in [2.24, 2.45) is 0 Å². The predicted octanol–water partition coefficient (Wildman–Crippen LogP) is 5.02. The molecule has 0 radical (unpaired) electrons. The van der Waals surface area contributed by atoms with Crippen molar-refractivity contribution >= 4 is 0 Å². The Hall–Kier alpha value is -3.36. The predicted molar refractivity (Wildman–Crippen MR) is 122 cm³/mol. The van der Waals surface area contributed by atoms with Gasteiger partial charge in [0.1, 0.15) is 11.9 Å². The second-order valence-electron chi connectivity index (χ2n) is 8.76. The van der Waals surface area contributed by atoms with Crippen LogP contribution in [0.1, 0.15) is 65.8 Å². The molecule has 0 saturated heterocycles. The third-order valence-corrected chi connectivity index (χ3v) is 6.51. The van der Waals surface area contributed by atoms with Crippen molar-refractivity contribution in [3.05, 3.63) is 98.5 Å². The monoisotopic (exact) mass is 426 g/mol. The van der Waals surface area contributed by atoms with Gasteiger partial charge >= 0.3 is 0 Å². The van der Waals surface area contributed by atoms with Crippen LogP contribution in [0, 0.1) is 18.3 Å². The summed E-state index contributed by atoms with van der Waals surface area (Å²) in [5, 5.41) is 9.39. The lowest BCUT2D eigenvalue weighted by atomic mass is 9.84. The van der Waals surface area contributed by atoms with Crippen LogP contribution in [0.25, 0.3) is 0 Å². The lowest BCUT2D eigenvalue weighted by Gasteiger charge is -2.46. The number of aryl methyl sites for hydroxylation is 1. The van der Waals surface area contributed by atoms with Crippen LogP contribution in [0.3, 0.4) is 0 Å². The molecular formula is C27H26N2O3. The van der Waals surface area contributed by atoms with E-state index < -0.39 is 11.9 Å². The lowest BCUT2D eigenvalue weighted by Crippen LogP contribution is -2.51. The van der Waals surface area contributed by atoms with Crippen molar-refractivity contribution in [1.29, 1.82) is 5.26 Å². The number of hydrogen-bond acceptors (Lipinski definition) is 4. The largest absolute Gasteiger partial charge is 0.461 e. The molecule has 2 aliphatic rings. The molecule has 2 aromatic carbocycles. The Balaban J connectivity index is 1.66. The molecule has 2 bridgehead atoms. The third kappa shape index (κ3) is 3.41. The highest BCUT2D eigenvalue weighted by atomic mass is 16.7. The molecule has 5 nitrogen and oxygen atoms in total. The number of rotatable bonds is 5. The van der Waals surface area contributed by atoms with Crippen molar-refractivity contribution in [2.75, 3.05) is 0 Å². The van der Waals surface area contributed by atoms with Gasteiger partial charge in [-0.05, 0) is 42.2 Å². The number of fused-ring (bicyclic) bond motifs is 6. The number of nitriles is 1. The molecule has 0 fully saturated rings. The Labute approximate surface area is 187 Å². The van der Waals surface area contributed by atoms with Crippen LogP contribution in [0.2, 0.25) is 0 Å². The van der Waals surface area contributed by atoms with E-state index in [4.69, 9.17) is 9.47 Å². The first-order chi connectivity index (χ1) is 15.5. The van der Waals surface area contributed by atoms with Crippen LogP contribution >= 0.6 is 0 Å². The molecule has 5 heteroatoms. The van der Waals surface area contributed by atoms with Gasteiger partial charge in [-0.3, -0.25) is 4.79 Å². The number of nitrogens with zero attached hydrogens (tertiary/aromatic N) is 2. The van der Waals surface area contributed by atoms with Gasteiger partial charge in [-0.2, -0.15) is 5.26 Å². The molecule has 3 aromatic rings. The van der Waals surface area contributed by atoms with E-state index >= 15 is 0 Å². The summed E-state index contributed by atoms with van der Waals surface area (Å²) in [5.74, 6) is -0.182. The van der Waals surface area contributed by atoms with Gasteiger partial charge in [-0.1, -0.05) is 49.7 Å². The van der Waals surface area contributed by atoms with Crippen LogP contribution in [0.4, 0.5) is 0 Å². The van der Waals surface area contributed by atoms with E-state index in [0.29, 0.717) is 29.8 Å². The van der Waals surface area contributed by atoms with E-state index in [1.54, 1.807) is 10.6 Å². The summed E-state index contributed by atoms with van der Waals surface area (Å²) >= 11 is 0. The zero-order chi connectivity index (χ0) is 22.3. The molecule has 2 atom stereocenters. The topological polar surface area (TPSA) is 64.2 Å². The summed E-state index contributed by atoms with van der Waals surface area (Å²) in [5.41, 5.74) is 4.97. The van der Waals surface area contributed by atoms with Crippen LogP contribution in [-0.4, -0.2) is 10.4 Å². The summed E-state index contributed by atoms with van der Waals surface area (Å²) in [4.78, 5) is 13.7. The molecule has 0 N–H and O–H groups in total. The number of unbranched alkanes of at least 4 members (excludes halogenated alkanes) is 1. The fourth-order valence-electron chi connectivity index (χ4n) is 4.86. The normalized spacial score (nSPS) is 20.6. The van der Waals surface area contributed by atoms with E-state index in [-0.39, 0.29) is 5.56 Å². The maximum absolute atomic E-state index is 13.7. The number of pyridine rings is 1. The second kappa shape index (κ2) is 7.96. The summed E-state index contributed by atoms with van der Waals surface area (Å²) in [6.07, 6.45) is 2.79. The summed E-state index contributed by atoms with van der Waals surface area (Å²) < 4.78 is 14.8. The highest BCUT2D eigenvalue weighted by molar-refractivity contribution is 5.49. The summed E-state index contributed by atoms with van der Waals surface area (Å²) in [7, 11) is 0. The van der Waals surface area contributed by atoms with Crippen LogP contribution in [0.5, 0.6) is 5.75 Å². The Morgan fingerprint density at radius 3 is 2.75 bits per heavy atom. The van der Waals surface area contributed by atoms with Gasteiger partial charge in [-0.25, -0.2) is 0 Å². The van der Waals surface area contributed by atoms with E-state index in [2.05, 4.69) is 13.0 Å². The first-order valence-corrected chi connectivity index (χ1v) is 11.2. The van der Waals surface area contributed by atoms with Crippen molar-refractivity contribution < 1.29 is 9.47 Å². The van der Waals surface area contributed by atoms with Crippen molar-refractivity contribution in [3.8, 4) is 11.8 Å². The molecule has 0 spiro atoms. The average Bonchev–Trinajstić information content (AvgIpc) is 2.80. The smallest absolute Gasteiger partial charge is 0.261 e. The number of hydrogen-bond donors (Lipinski definition) is 0. The maximum Gasteiger partial charge on any atom is 0.261 e. The fraction of sp³-hybridized carbons (Fsp3) is 0.333. The average molecular weight is 427 g/mol. The van der Waals surface area contributed by atoms with Gasteiger partial charge in [0.2, 0.25) is 5.79 Å². The minimum Gasteiger partial charge on any atom is -0.461 e. The molecule has 32 heavy (non-hydrogen) atoms. The van der Waals surface area contributed by atoms with Crippen LogP contribution < -0.4 is 10.3 Å². The zero-order valence-corrected chi connectivity index (χ0v) is 18.4. The van der Waals surface area contributed by atoms with E-state index in [1.165, 1.54) is 0 Å². The van der Waals surface area contributed by atoms with Gasteiger partial charge < -0.3 is 14.0 Å². The molecule has 3 heterocycles. The SMILES string of the molecule is CCCCC12Cc3cc(C#N)ccc3C(O1)c1c(cc(C)n(Cc3ccccc3)c1=O)O2. The van der Waals surface area contributed by atoms with Gasteiger partial charge in [0.15, 0.2) is 0 Å². The maximum atomic E-state index is 13.7. The molecule has 2 aliphatic heterocycles. The van der Waals surface area contributed by atoms with E-state index in [1.807, 2.05) is 55.5 Å². The van der Waals surface area contributed by atoms with Crippen LogP contribution in [0.15, 0.2) is 59.4 Å². The number of benzene rings is 2. The summed E-state index contributed by atoms with van der Waals surface area (Å²) in [6, 6.07) is 19.8. The molecule has 0 aliphatic carbocycles. The molecule has 5 rings (SSSR count). The third-order valence-electron chi connectivity index (χ3n) is 6.51. The quantitative estimate of drug-likeness (QED) is 0.575. The van der Waals surface area contributed by atoms with Gasteiger partial charge in [0.25, 0.3) is 5.56 Å². The molecule has 162 valence electrons. The second-order valence-corrected chi connectivity index (χ2v) is 8.76. The molecule has 2 unspecified atom stereocenters. The molecule has 0 saturated carbocycles. The van der Waals surface area contributed by atoms with Gasteiger partial charge in [0.05, 0.1) is 23.7 Å². The minimum atomic E-state index is -0.806. The summed E-state index contributed by atoms with van der Waals surface area (Å²) in [6.45, 7) is 4.58.